The Labute approximate surface area is 173 Å². The van der Waals surface area contributed by atoms with Crippen molar-refractivity contribution in [3.05, 3.63) is 65.7 Å². The van der Waals surface area contributed by atoms with Gasteiger partial charge in [-0.05, 0) is 43.2 Å². The van der Waals surface area contributed by atoms with Crippen LogP contribution < -0.4 is 4.72 Å². The van der Waals surface area contributed by atoms with Gasteiger partial charge in [0.15, 0.2) is 0 Å². The van der Waals surface area contributed by atoms with Gasteiger partial charge in [0.1, 0.15) is 0 Å². The minimum absolute atomic E-state index is 0.0755. The number of amides is 2. The summed E-state index contributed by atoms with van der Waals surface area (Å²) in [6.07, 6.45) is 0.716. The fourth-order valence-electron chi connectivity index (χ4n) is 3.46. The molecule has 2 aromatic rings. The Hall–Kier alpha value is -2.71. The lowest BCUT2D eigenvalue weighted by molar-refractivity contribution is -0.132. The van der Waals surface area contributed by atoms with E-state index in [0.717, 1.165) is 5.56 Å². The zero-order valence-electron chi connectivity index (χ0n) is 16.2. The Balaban J connectivity index is 1.61. The minimum Gasteiger partial charge on any atom is -0.755 e. The van der Waals surface area contributed by atoms with Crippen LogP contribution >= 0.6 is 0 Å². The third-order valence-corrected chi connectivity index (χ3v) is 5.50. The van der Waals surface area contributed by atoms with Crippen molar-refractivity contribution in [2.24, 2.45) is 0 Å². The summed E-state index contributed by atoms with van der Waals surface area (Å²) in [4.78, 5) is 29.3. The first-order valence-corrected chi connectivity index (χ1v) is 10.6. The normalized spacial score (nSPS) is 16.6. The Morgan fingerprint density at radius 3 is 2.24 bits per heavy atom. The highest BCUT2D eigenvalue weighted by molar-refractivity contribution is 7.80. The molecule has 154 valence electrons. The summed E-state index contributed by atoms with van der Waals surface area (Å²) >= 11 is -2.40. The maximum absolute atomic E-state index is 12.9. The predicted molar refractivity (Wildman–Crippen MR) is 111 cm³/mol. The quantitative estimate of drug-likeness (QED) is 0.760. The van der Waals surface area contributed by atoms with E-state index in [0.29, 0.717) is 43.9 Å². The van der Waals surface area contributed by atoms with Gasteiger partial charge in [0, 0.05) is 48.7 Å². The average Bonchev–Trinajstić information content (AvgIpc) is 2.99. The standard InChI is InChI=1S/C21H25N3O4S/c1-16(17-6-3-2-4-7-17)20(25)23-12-5-13-24(15-14-23)21(26)18-8-10-19(11-9-18)22-29(27)28/h2-4,6-11,16,22H,5,12-15H2,1H3,(H,27,28)/p-1. The molecule has 1 aliphatic rings. The van der Waals surface area contributed by atoms with Gasteiger partial charge in [0.05, 0.1) is 5.92 Å². The average molecular weight is 415 g/mol. The molecule has 29 heavy (non-hydrogen) atoms. The van der Waals surface area contributed by atoms with Gasteiger partial charge in [0.25, 0.3) is 5.91 Å². The van der Waals surface area contributed by atoms with Crippen molar-refractivity contribution in [1.82, 2.24) is 9.80 Å². The summed E-state index contributed by atoms with van der Waals surface area (Å²) in [5.74, 6) is -0.262. The molecule has 1 N–H and O–H groups in total. The van der Waals surface area contributed by atoms with Crippen molar-refractivity contribution < 1.29 is 18.4 Å². The summed E-state index contributed by atoms with van der Waals surface area (Å²) in [6, 6.07) is 16.0. The van der Waals surface area contributed by atoms with Crippen LogP contribution in [-0.2, 0) is 16.1 Å². The van der Waals surface area contributed by atoms with E-state index in [-0.39, 0.29) is 17.7 Å². The predicted octanol–water partition coefficient (Wildman–Crippen LogP) is 2.37. The number of nitrogens with one attached hydrogen (secondary N) is 1. The van der Waals surface area contributed by atoms with E-state index in [2.05, 4.69) is 4.72 Å². The second-order valence-corrected chi connectivity index (χ2v) is 7.69. The molecular formula is C21H24N3O4S-. The van der Waals surface area contributed by atoms with Crippen molar-refractivity contribution >= 4 is 28.8 Å². The number of rotatable bonds is 5. The van der Waals surface area contributed by atoms with Crippen LogP contribution in [0.15, 0.2) is 54.6 Å². The molecule has 2 amide bonds. The highest BCUT2D eigenvalue weighted by Crippen LogP contribution is 2.19. The fourth-order valence-corrected chi connectivity index (χ4v) is 3.79. The van der Waals surface area contributed by atoms with Crippen molar-refractivity contribution in [1.29, 1.82) is 0 Å². The van der Waals surface area contributed by atoms with E-state index >= 15 is 0 Å². The van der Waals surface area contributed by atoms with Gasteiger partial charge in [-0.3, -0.25) is 13.8 Å². The van der Waals surface area contributed by atoms with Crippen LogP contribution in [0, 0.1) is 0 Å². The highest BCUT2D eigenvalue weighted by Gasteiger charge is 2.26. The molecule has 7 nitrogen and oxygen atoms in total. The van der Waals surface area contributed by atoms with Crippen molar-refractivity contribution in [2.45, 2.75) is 19.3 Å². The summed E-state index contributed by atoms with van der Waals surface area (Å²) in [5, 5.41) is 0. The van der Waals surface area contributed by atoms with Crippen LogP contribution in [0.25, 0.3) is 0 Å². The molecule has 1 aliphatic heterocycles. The molecule has 0 spiro atoms. The molecule has 1 saturated heterocycles. The molecular weight excluding hydrogens is 390 g/mol. The van der Waals surface area contributed by atoms with Gasteiger partial charge in [0.2, 0.25) is 5.91 Å². The molecule has 3 rings (SSSR count). The van der Waals surface area contributed by atoms with Crippen molar-refractivity contribution in [2.75, 3.05) is 30.9 Å². The van der Waals surface area contributed by atoms with Crippen LogP contribution in [0.2, 0.25) is 0 Å². The van der Waals surface area contributed by atoms with Gasteiger partial charge in [-0.25, -0.2) is 0 Å². The molecule has 0 aliphatic carbocycles. The van der Waals surface area contributed by atoms with Crippen LogP contribution in [-0.4, -0.2) is 56.6 Å². The molecule has 0 bridgehead atoms. The Morgan fingerprint density at radius 1 is 0.966 bits per heavy atom. The van der Waals surface area contributed by atoms with Gasteiger partial charge in [-0.2, -0.15) is 0 Å². The van der Waals surface area contributed by atoms with Crippen LogP contribution in [0.1, 0.15) is 35.2 Å². The van der Waals surface area contributed by atoms with Crippen molar-refractivity contribution in [3.63, 3.8) is 0 Å². The van der Waals surface area contributed by atoms with E-state index in [1.807, 2.05) is 42.2 Å². The molecule has 0 saturated carbocycles. The lowest BCUT2D eigenvalue weighted by Gasteiger charge is -2.25. The highest BCUT2D eigenvalue weighted by atomic mass is 32.2. The molecule has 0 radical (unpaired) electrons. The second kappa shape index (κ2) is 9.67. The topological polar surface area (TPSA) is 92.8 Å². The number of benzene rings is 2. The smallest absolute Gasteiger partial charge is 0.253 e. The van der Waals surface area contributed by atoms with E-state index in [1.165, 1.54) is 0 Å². The molecule has 2 unspecified atom stereocenters. The zero-order valence-corrected chi connectivity index (χ0v) is 17.1. The Kier molecular flexibility index (Phi) is 7.00. The second-order valence-electron chi connectivity index (χ2n) is 7.02. The maximum atomic E-state index is 12.9. The lowest BCUT2D eigenvalue weighted by Crippen LogP contribution is -2.39. The minimum atomic E-state index is -2.40. The molecule has 2 atom stereocenters. The van der Waals surface area contributed by atoms with E-state index in [1.54, 1.807) is 29.2 Å². The van der Waals surface area contributed by atoms with Gasteiger partial charge >= 0.3 is 0 Å². The van der Waals surface area contributed by atoms with E-state index in [4.69, 9.17) is 0 Å². The summed E-state index contributed by atoms with van der Waals surface area (Å²) in [5.41, 5.74) is 1.88. The Morgan fingerprint density at radius 2 is 1.59 bits per heavy atom. The largest absolute Gasteiger partial charge is 0.755 e. The number of carbonyl (C=O) groups excluding carboxylic acids is 2. The van der Waals surface area contributed by atoms with Crippen LogP contribution in [0.3, 0.4) is 0 Å². The van der Waals surface area contributed by atoms with E-state index < -0.39 is 11.3 Å². The lowest BCUT2D eigenvalue weighted by atomic mass is 10.00. The first-order valence-electron chi connectivity index (χ1n) is 9.54. The zero-order chi connectivity index (χ0) is 20.8. The SMILES string of the molecule is CC(C(=O)N1CCCN(C(=O)c2ccc(NS(=O)[O-])cc2)CC1)c1ccccc1. The van der Waals surface area contributed by atoms with E-state index in [9.17, 15) is 18.4 Å². The number of nitrogens with zero attached hydrogens (tertiary/aromatic N) is 2. The molecule has 2 aromatic carbocycles. The summed E-state index contributed by atoms with van der Waals surface area (Å²) in [7, 11) is 0. The van der Waals surface area contributed by atoms with Gasteiger partial charge < -0.3 is 19.1 Å². The number of hydrogen-bond acceptors (Lipinski definition) is 4. The summed E-state index contributed by atoms with van der Waals surface area (Å²) < 4.78 is 23.6. The first kappa shape index (κ1) is 21.0. The maximum Gasteiger partial charge on any atom is 0.253 e. The third-order valence-electron chi connectivity index (χ3n) is 5.10. The molecule has 0 aromatic heterocycles. The first-order chi connectivity index (χ1) is 14.0. The van der Waals surface area contributed by atoms with Crippen LogP contribution in [0.4, 0.5) is 5.69 Å². The number of hydrogen-bond donors (Lipinski definition) is 1. The number of anilines is 1. The summed E-state index contributed by atoms with van der Waals surface area (Å²) in [6.45, 7) is 4.08. The third kappa shape index (κ3) is 5.42. The van der Waals surface area contributed by atoms with Gasteiger partial charge in [-0.1, -0.05) is 30.3 Å². The molecule has 1 heterocycles. The monoisotopic (exact) mass is 414 g/mol. The van der Waals surface area contributed by atoms with Crippen LogP contribution in [0.5, 0.6) is 0 Å². The molecule has 1 fully saturated rings. The van der Waals surface area contributed by atoms with Crippen molar-refractivity contribution in [3.8, 4) is 0 Å². The van der Waals surface area contributed by atoms with Gasteiger partial charge in [-0.15, -0.1) is 0 Å². The fraction of sp³-hybridized carbons (Fsp3) is 0.333. The molecule has 8 heteroatoms. The number of carbonyl (C=O) groups is 2. The Bertz CT molecular complexity index is 873.